The predicted molar refractivity (Wildman–Crippen MR) is 112 cm³/mol. The van der Waals surface area contributed by atoms with Crippen LogP contribution in [0.4, 0.5) is 0 Å². The highest BCUT2D eigenvalue weighted by molar-refractivity contribution is 14.0. The van der Waals surface area contributed by atoms with Crippen molar-refractivity contribution in [1.29, 1.82) is 0 Å². The number of aliphatic imine (C=N–C) groups is 1. The van der Waals surface area contributed by atoms with E-state index in [1.165, 1.54) is 0 Å². The summed E-state index contributed by atoms with van der Waals surface area (Å²) in [7, 11) is 1.99. The van der Waals surface area contributed by atoms with Gasteiger partial charge in [0.15, 0.2) is 5.96 Å². The number of rotatable bonds is 8. The highest BCUT2D eigenvalue weighted by atomic mass is 127. The highest BCUT2D eigenvalue weighted by Crippen LogP contribution is 2.09. The van der Waals surface area contributed by atoms with E-state index in [4.69, 9.17) is 0 Å². The molecule has 1 aromatic rings. The molecule has 0 saturated carbocycles. The van der Waals surface area contributed by atoms with E-state index in [0.29, 0.717) is 19.5 Å². The first-order valence-corrected chi connectivity index (χ1v) is 9.07. The Bertz CT molecular complexity index is 516. The molecule has 0 aliphatic carbocycles. The lowest BCUT2D eigenvalue weighted by Gasteiger charge is -2.21. The van der Waals surface area contributed by atoms with Crippen LogP contribution in [0.15, 0.2) is 10.4 Å². The second-order valence-corrected chi connectivity index (χ2v) is 6.33. The van der Waals surface area contributed by atoms with Crippen LogP contribution in [0.1, 0.15) is 37.9 Å². The zero-order valence-electron chi connectivity index (χ0n) is 15.3. The van der Waals surface area contributed by atoms with Gasteiger partial charge in [0.1, 0.15) is 0 Å². The number of guanidine groups is 1. The standard InChI is InChI=1S/C16H29N5OS.HI/c1-6-17-16(18-10-9-15(22)21(7-2)8-3)20(5)11-14-12-23-13(4)19-14;/h12H,6-11H2,1-5H3,(H,17,18);1H. The highest BCUT2D eigenvalue weighted by Gasteiger charge is 2.11. The summed E-state index contributed by atoms with van der Waals surface area (Å²) in [5.74, 6) is 0.970. The van der Waals surface area contributed by atoms with Crippen LogP contribution in [-0.4, -0.2) is 59.9 Å². The van der Waals surface area contributed by atoms with Crippen LogP contribution in [0.5, 0.6) is 0 Å². The van der Waals surface area contributed by atoms with Crippen LogP contribution in [0.2, 0.25) is 0 Å². The number of nitrogens with zero attached hydrogens (tertiary/aromatic N) is 4. The number of carbonyl (C=O) groups excluding carboxylic acids is 1. The Morgan fingerprint density at radius 3 is 2.50 bits per heavy atom. The molecular formula is C16H30IN5OS. The van der Waals surface area contributed by atoms with Gasteiger partial charge in [0.25, 0.3) is 0 Å². The van der Waals surface area contributed by atoms with Crippen molar-refractivity contribution in [3.63, 3.8) is 0 Å². The van der Waals surface area contributed by atoms with Gasteiger partial charge in [-0.2, -0.15) is 0 Å². The summed E-state index contributed by atoms with van der Waals surface area (Å²) in [4.78, 5) is 24.9. The van der Waals surface area contributed by atoms with Gasteiger partial charge in [-0.05, 0) is 27.7 Å². The van der Waals surface area contributed by atoms with Crippen LogP contribution in [0, 0.1) is 6.92 Å². The van der Waals surface area contributed by atoms with E-state index in [9.17, 15) is 4.79 Å². The second-order valence-electron chi connectivity index (χ2n) is 5.27. The van der Waals surface area contributed by atoms with Crippen LogP contribution in [0.3, 0.4) is 0 Å². The fraction of sp³-hybridized carbons (Fsp3) is 0.688. The minimum Gasteiger partial charge on any atom is -0.357 e. The lowest BCUT2D eigenvalue weighted by molar-refractivity contribution is -0.130. The second kappa shape index (κ2) is 12.5. The van der Waals surface area contributed by atoms with Crippen molar-refractivity contribution in [3.05, 3.63) is 16.1 Å². The number of hydrogen-bond acceptors (Lipinski definition) is 4. The molecule has 6 nitrogen and oxygen atoms in total. The average molecular weight is 467 g/mol. The summed E-state index contributed by atoms with van der Waals surface area (Å²) < 4.78 is 0. The molecule has 0 spiro atoms. The molecule has 0 unspecified atom stereocenters. The molecule has 1 aromatic heterocycles. The molecule has 24 heavy (non-hydrogen) atoms. The van der Waals surface area contributed by atoms with Gasteiger partial charge < -0.3 is 15.1 Å². The Kier molecular flexibility index (Phi) is 12.0. The lowest BCUT2D eigenvalue weighted by atomic mass is 10.3. The predicted octanol–water partition coefficient (Wildman–Crippen LogP) is 2.73. The van der Waals surface area contributed by atoms with E-state index in [1.54, 1.807) is 11.3 Å². The monoisotopic (exact) mass is 467 g/mol. The third kappa shape index (κ3) is 7.78. The Balaban J connectivity index is 0.00000529. The van der Waals surface area contributed by atoms with Crippen LogP contribution in [-0.2, 0) is 11.3 Å². The summed E-state index contributed by atoms with van der Waals surface area (Å²) in [5, 5.41) is 6.41. The molecule has 0 fully saturated rings. The molecule has 0 radical (unpaired) electrons. The summed E-state index contributed by atoms with van der Waals surface area (Å²) >= 11 is 1.65. The van der Waals surface area contributed by atoms with Gasteiger partial charge in [0.05, 0.1) is 23.8 Å². The van der Waals surface area contributed by atoms with E-state index >= 15 is 0 Å². The zero-order chi connectivity index (χ0) is 17.2. The molecule has 1 amide bonds. The topological polar surface area (TPSA) is 60.8 Å². The Morgan fingerprint density at radius 2 is 2.00 bits per heavy atom. The van der Waals surface area contributed by atoms with Crippen molar-refractivity contribution in [2.75, 3.05) is 33.2 Å². The van der Waals surface area contributed by atoms with Crippen molar-refractivity contribution in [2.24, 2.45) is 4.99 Å². The van der Waals surface area contributed by atoms with Crippen molar-refractivity contribution < 1.29 is 4.79 Å². The average Bonchev–Trinajstić information content (AvgIpc) is 2.92. The molecule has 8 heteroatoms. The van der Waals surface area contributed by atoms with E-state index in [0.717, 1.165) is 36.3 Å². The van der Waals surface area contributed by atoms with Crippen molar-refractivity contribution in [2.45, 2.75) is 40.7 Å². The molecular weight excluding hydrogens is 437 g/mol. The Hall–Kier alpha value is -0.900. The first-order chi connectivity index (χ1) is 11.0. The molecule has 0 bridgehead atoms. The zero-order valence-corrected chi connectivity index (χ0v) is 18.5. The quantitative estimate of drug-likeness (QED) is 0.363. The van der Waals surface area contributed by atoms with Crippen molar-refractivity contribution in [1.82, 2.24) is 20.1 Å². The van der Waals surface area contributed by atoms with E-state index in [-0.39, 0.29) is 29.9 Å². The Morgan fingerprint density at radius 1 is 1.33 bits per heavy atom. The first-order valence-electron chi connectivity index (χ1n) is 8.19. The maximum Gasteiger partial charge on any atom is 0.224 e. The van der Waals surface area contributed by atoms with Gasteiger partial charge in [0, 0.05) is 38.5 Å². The van der Waals surface area contributed by atoms with Gasteiger partial charge in [-0.1, -0.05) is 0 Å². The summed E-state index contributed by atoms with van der Waals surface area (Å²) in [6.45, 7) is 11.5. The van der Waals surface area contributed by atoms with Gasteiger partial charge in [0.2, 0.25) is 5.91 Å². The minimum absolute atomic E-state index is 0. The normalized spacial score (nSPS) is 11.0. The van der Waals surface area contributed by atoms with Crippen LogP contribution >= 0.6 is 35.3 Å². The number of nitrogens with one attached hydrogen (secondary N) is 1. The van der Waals surface area contributed by atoms with Gasteiger partial charge in [-0.25, -0.2) is 4.98 Å². The van der Waals surface area contributed by atoms with Gasteiger partial charge in [-0.15, -0.1) is 35.3 Å². The molecule has 0 aliphatic heterocycles. The SMILES string of the molecule is CCNC(=NCCC(=O)N(CC)CC)N(C)Cc1csc(C)n1.I. The third-order valence-electron chi connectivity index (χ3n) is 3.47. The first kappa shape index (κ1) is 23.1. The molecule has 0 aliphatic rings. The molecule has 1 N–H and O–H groups in total. The number of halogens is 1. The molecule has 1 rings (SSSR count). The fourth-order valence-electron chi connectivity index (χ4n) is 2.26. The van der Waals surface area contributed by atoms with Gasteiger partial charge in [-0.3, -0.25) is 9.79 Å². The maximum atomic E-state index is 12.0. The number of hydrogen-bond donors (Lipinski definition) is 1. The fourth-order valence-corrected chi connectivity index (χ4v) is 2.86. The van der Waals surface area contributed by atoms with Crippen LogP contribution in [0.25, 0.3) is 0 Å². The molecule has 138 valence electrons. The number of aromatic nitrogens is 1. The third-order valence-corrected chi connectivity index (χ3v) is 4.29. The van der Waals surface area contributed by atoms with E-state index in [2.05, 4.69) is 20.7 Å². The lowest BCUT2D eigenvalue weighted by Crippen LogP contribution is -2.39. The number of thiazole rings is 1. The number of aryl methyl sites for hydroxylation is 1. The van der Waals surface area contributed by atoms with E-state index < -0.39 is 0 Å². The summed E-state index contributed by atoms with van der Waals surface area (Å²) in [6, 6.07) is 0. The van der Waals surface area contributed by atoms with Gasteiger partial charge >= 0.3 is 0 Å². The maximum absolute atomic E-state index is 12.0. The molecule has 0 aromatic carbocycles. The largest absolute Gasteiger partial charge is 0.357 e. The number of amides is 1. The number of carbonyl (C=O) groups is 1. The molecule has 1 heterocycles. The summed E-state index contributed by atoms with van der Waals surface area (Å²) in [5.41, 5.74) is 1.04. The van der Waals surface area contributed by atoms with Crippen molar-refractivity contribution in [3.8, 4) is 0 Å². The summed E-state index contributed by atoms with van der Waals surface area (Å²) in [6.07, 6.45) is 0.445. The minimum atomic E-state index is 0. The van der Waals surface area contributed by atoms with Crippen molar-refractivity contribution >= 4 is 47.2 Å². The van der Waals surface area contributed by atoms with Crippen LogP contribution < -0.4 is 5.32 Å². The smallest absolute Gasteiger partial charge is 0.224 e. The Labute approximate surface area is 166 Å². The van der Waals surface area contributed by atoms with E-state index in [1.807, 2.05) is 44.5 Å². The molecule has 0 atom stereocenters. The molecule has 0 saturated heterocycles.